The summed E-state index contributed by atoms with van der Waals surface area (Å²) >= 11 is 5.96. The maximum Gasteiger partial charge on any atom is 0.229 e. The summed E-state index contributed by atoms with van der Waals surface area (Å²) in [5.74, 6) is 0.158. The number of morpholine rings is 1. The number of rotatable bonds is 3. The van der Waals surface area contributed by atoms with E-state index in [0.717, 1.165) is 30.8 Å². The van der Waals surface area contributed by atoms with Crippen LogP contribution in [0.25, 0.3) is 0 Å². The van der Waals surface area contributed by atoms with E-state index in [4.69, 9.17) is 20.9 Å². The van der Waals surface area contributed by atoms with Gasteiger partial charge in [-0.1, -0.05) is 5.16 Å². The van der Waals surface area contributed by atoms with Crippen LogP contribution in [0.1, 0.15) is 24.1 Å². The van der Waals surface area contributed by atoms with E-state index in [2.05, 4.69) is 17.1 Å². The minimum atomic E-state index is 0.158. The van der Waals surface area contributed by atoms with Crippen molar-refractivity contribution in [3.05, 3.63) is 16.5 Å². The van der Waals surface area contributed by atoms with Crippen LogP contribution in [-0.4, -0.2) is 66.3 Å². The lowest BCUT2D eigenvalue weighted by Gasteiger charge is -2.46. The van der Waals surface area contributed by atoms with E-state index < -0.39 is 0 Å². The summed E-state index contributed by atoms with van der Waals surface area (Å²) in [5, 5.41) is 4.12. The zero-order valence-electron chi connectivity index (χ0n) is 13.0. The molecule has 2 atom stereocenters. The van der Waals surface area contributed by atoms with Crippen molar-refractivity contribution in [1.29, 1.82) is 0 Å². The van der Waals surface area contributed by atoms with E-state index in [9.17, 15) is 4.79 Å². The van der Waals surface area contributed by atoms with E-state index in [1.165, 1.54) is 0 Å². The Bertz CT molecular complexity index is 529. The molecule has 1 aromatic heterocycles. The summed E-state index contributed by atoms with van der Waals surface area (Å²) in [4.78, 5) is 16.9. The number of likely N-dealkylation sites (N-methyl/N-ethyl adjacent to an activating group) is 1. The summed E-state index contributed by atoms with van der Waals surface area (Å²) in [5.41, 5.74) is 1.59. The second-order valence-electron chi connectivity index (χ2n) is 6.13. The molecule has 122 valence electrons. The number of nitrogens with zero attached hydrogens (tertiary/aromatic N) is 3. The average molecular weight is 328 g/mol. The number of carbonyl (C=O) groups excluding carboxylic acids is 1. The van der Waals surface area contributed by atoms with Gasteiger partial charge in [-0.25, -0.2) is 0 Å². The van der Waals surface area contributed by atoms with Gasteiger partial charge in [0.2, 0.25) is 11.1 Å². The zero-order valence-corrected chi connectivity index (χ0v) is 13.8. The zero-order chi connectivity index (χ0) is 15.7. The lowest BCUT2D eigenvalue weighted by atomic mass is 9.98. The number of likely N-dealkylation sites (tertiary alicyclic amines) is 1. The quantitative estimate of drug-likeness (QED) is 0.842. The van der Waals surface area contributed by atoms with Crippen LogP contribution in [0, 0.1) is 6.92 Å². The molecule has 2 unspecified atom stereocenters. The Morgan fingerprint density at radius 1 is 1.45 bits per heavy atom. The number of aromatic nitrogens is 1. The van der Waals surface area contributed by atoms with Gasteiger partial charge >= 0.3 is 0 Å². The average Bonchev–Trinajstić information content (AvgIpc) is 2.83. The predicted octanol–water partition coefficient (Wildman–Crippen LogP) is 1.50. The smallest absolute Gasteiger partial charge is 0.229 e. The van der Waals surface area contributed by atoms with Crippen LogP contribution in [0.4, 0.5) is 0 Å². The molecule has 0 spiro atoms. The van der Waals surface area contributed by atoms with Gasteiger partial charge in [0.25, 0.3) is 0 Å². The number of hydrogen-bond donors (Lipinski definition) is 0. The Hall–Kier alpha value is -1.11. The van der Waals surface area contributed by atoms with Crippen molar-refractivity contribution in [2.24, 2.45) is 0 Å². The van der Waals surface area contributed by atoms with Crippen molar-refractivity contribution in [2.45, 2.75) is 38.3 Å². The molecule has 1 amide bonds. The van der Waals surface area contributed by atoms with E-state index in [0.29, 0.717) is 31.2 Å². The van der Waals surface area contributed by atoms with Crippen LogP contribution < -0.4 is 0 Å². The summed E-state index contributed by atoms with van der Waals surface area (Å²) in [6.45, 7) is 5.05. The molecule has 0 N–H and O–H groups in total. The Balaban J connectivity index is 1.63. The minimum Gasteiger partial charge on any atom is -0.374 e. The van der Waals surface area contributed by atoms with Crippen molar-refractivity contribution in [3.63, 3.8) is 0 Å². The number of aryl methyl sites for hydroxylation is 1. The van der Waals surface area contributed by atoms with E-state index >= 15 is 0 Å². The highest BCUT2D eigenvalue weighted by molar-refractivity contribution is 6.29. The number of hydrogen-bond acceptors (Lipinski definition) is 5. The molecule has 0 bridgehead atoms. The maximum atomic E-state index is 12.6. The highest BCUT2D eigenvalue weighted by Crippen LogP contribution is 2.25. The molecule has 6 nitrogen and oxygen atoms in total. The van der Waals surface area contributed by atoms with Crippen molar-refractivity contribution in [2.75, 3.05) is 33.3 Å². The van der Waals surface area contributed by atoms with E-state index in [-0.39, 0.29) is 18.1 Å². The van der Waals surface area contributed by atoms with E-state index in [1.807, 2.05) is 11.8 Å². The molecular weight excluding hydrogens is 306 g/mol. The highest BCUT2D eigenvalue weighted by atomic mass is 35.5. The van der Waals surface area contributed by atoms with Gasteiger partial charge < -0.3 is 19.1 Å². The van der Waals surface area contributed by atoms with Gasteiger partial charge in [-0.05, 0) is 38.4 Å². The number of fused-ring (bicyclic) bond motifs is 1. The normalized spacial score (nSPS) is 26.0. The monoisotopic (exact) mass is 327 g/mol. The van der Waals surface area contributed by atoms with Crippen LogP contribution in [0.2, 0.25) is 5.22 Å². The molecule has 2 fully saturated rings. The Morgan fingerprint density at radius 2 is 2.27 bits per heavy atom. The van der Waals surface area contributed by atoms with Crippen molar-refractivity contribution in [1.82, 2.24) is 15.0 Å². The third kappa shape index (κ3) is 3.14. The number of amides is 1. The molecule has 22 heavy (non-hydrogen) atoms. The number of halogens is 1. The summed E-state index contributed by atoms with van der Waals surface area (Å²) in [7, 11) is 2.09. The molecule has 2 saturated heterocycles. The molecular formula is C15H22ClN3O3. The Morgan fingerprint density at radius 3 is 3.00 bits per heavy atom. The fraction of sp³-hybridized carbons (Fsp3) is 0.733. The maximum absolute atomic E-state index is 12.6. The standard InChI is InChI=1S/C15H22ClN3O3/c1-10-11(15(16)22-17-10)3-4-14(20)19-7-8-21-13-5-6-18(2)9-12(13)19/h12-13H,3-9H2,1-2H3. The number of ether oxygens (including phenoxy) is 1. The van der Waals surface area contributed by atoms with Crippen LogP contribution in [0.15, 0.2) is 4.52 Å². The summed E-state index contributed by atoms with van der Waals surface area (Å²) < 4.78 is 10.8. The van der Waals surface area contributed by atoms with E-state index in [1.54, 1.807) is 0 Å². The number of piperidine rings is 1. The fourth-order valence-corrected chi connectivity index (χ4v) is 3.62. The first-order valence-electron chi connectivity index (χ1n) is 7.76. The van der Waals surface area contributed by atoms with Crippen molar-refractivity contribution < 1.29 is 14.1 Å². The van der Waals surface area contributed by atoms with Gasteiger partial charge in [0.15, 0.2) is 0 Å². The number of carbonyl (C=O) groups is 1. The Labute approximate surface area is 135 Å². The molecule has 0 saturated carbocycles. The predicted molar refractivity (Wildman–Crippen MR) is 81.9 cm³/mol. The SMILES string of the molecule is Cc1noc(Cl)c1CCC(=O)N1CCOC2CCN(C)CC21. The van der Waals surface area contributed by atoms with Crippen LogP contribution in [-0.2, 0) is 16.0 Å². The first-order valence-corrected chi connectivity index (χ1v) is 8.14. The van der Waals surface area contributed by atoms with Crippen LogP contribution in [0.3, 0.4) is 0 Å². The molecule has 0 aromatic carbocycles. The summed E-state index contributed by atoms with van der Waals surface area (Å²) in [6, 6.07) is 0.166. The molecule has 0 radical (unpaired) electrons. The lowest BCUT2D eigenvalue weighted by Crippen LogP contribution is -2.60. The molecule has 3 rings (SSSR count). The Kier molecular flexibility index (Phi) is 4.70. The minimum absolute atomic E-state index is 0.158. The van der Waals surface area contributed by atoms with Crippen molar-refractivity contribution in [3.8, 4) is 0 Å². The molecule has 2 aliphatic heterocycles. The molecule has 1 aromatic rings. The van der Waals surface area contributed by atoms with Crippen LogP contribution in [0.5, 0.6) is 0 Å². The highest BCUT2D eigenvalue weighted by Gasteiger charge is 2.38. The fourth-order valence-electron chi connectivity index (χ4n) is 3.36. The third-order valence-corrected chi connectivity index (χ3v) is 4.93. The third-order valence-electron chi connectivity index (χ3n) is 4.63. The first kappa shape index (κ1) is 15.8. The van der Waals surface area contributed by atoms with Crippen LogP contribution >= 0.6 is 11.6 Å². The van der Waals surface area contributed by atoms with Gasteiger partial charge in [0.1, 0.15) is 0 Å². The van der Waals surface area contributed by atoms with Gasteiger partial charge in [-0.2, -0.15) is 0 Å². The van der Waals surface area contributed by atoms with Gasteiger partial charge in [0, 0.05) is 31.6 Å². The molecule has 0 aliphatic carbocycles. The summed E-state index contributed by atoms with van der Waals surface area (Å²) in [6.07, 6.45) is 2.16. The largest absolute Gasteiger partial charge is 0.374 e. The van der Waals surface area contributed by atoms with Gasteiger partial charge in [-0.3, -0.25) is 4.79 Å². The first-order chi connectivity index (χ1) is 10.6. The second-order valence-corrected chi connectivity index (χ2v) is 6.48. The topological polar surface area (TPSA) is 58.8 Å². The van der Waals surface area contributed by atoms with Gasteiger partial charge in [-0.15, -0.1) is 0 Å². The second kappa shape index (κ2) is 6.56. The van der Waals surface area contributed by atoms with Gasteiger partial charge in [0.05, 0.1) is 24.4 Å². The lowest BCUT2D eigenvalue weighted by molar-refractivity contribution is -0.151. The van der Waals surface area contributed by atoms with Crippen molar-refractivity contribution >= 4 is 17.5 Å². The molecule has 3 heterocycles. The molecule has 7 heteroatoms. The molecule has 2 aliphatic rings.